The summed E-state index contributed by atoms with van der Waals surface area (Å²) in [5, 5.41) is 14.2. The van der Waals surface area contributed by atoms with Crippen LogP contribution in [0.2, 0.25) is 5.02 Å². The number of aromatic nitrogens is 2. The number of Topliss-reactive ketones (excluding diaryl/α,β-unsaturated/α-hetero) is 1. The van der Waals surface area contributed by atoms with Crippen LogP contribution in [0, 0.1) is 13.8 Å². The van der Waals surface area contributed by atoms with Gasteiger partial charge in [0, 0.05) is 27.9 Å². The van der Waals surface area contributed by atoms with Crippen molar-refractivity contribution in [2.45, 2.75) is 26.4 Å². The third-order valence-electron chi connectivity index (χ3n) is 5.87. The van der Waals surface area contributed by atoms with Gasteiger partial charge < -0.3 is 19.7 Å². The van der Waals surface area contributed by atoms with E-state index in [1.165, 1.54) is 12.0 Å². The fourth-order valence-corrected chi connectivity index (χ4v) is 4.51. The van der Waals surface area contributed by atoms with Gasteiger partial charge in [0.05, 0.1) is 19.7 Å². The molecule has 1 unspecified atom stereocenters. The number of H-pyrrole nitrogens is 2. The summed E-state index contributed by atoms with van der Waals surface area (Å²) in [7, 11) is 1.24. The monoisotopic (exact) mass is 479 g/mol. The van der Waals surface area contributed by atoms with E-state index in [-0.39, 0.29) is 23.4 Å². The highest BCUT2D eigenvalue weighted by molar-refractivity contribution is 6.46. The Morgan fingerprint density at radius 2 is 2.00 bits per heavy atom. The van der Waals surface area contributed by atoms with E-state index in [0.29, 0.717) is 21.8 Å². The molecular formula is C25H22ClN3O5. The van der Waals surface area contributed by atoms with Crippen molar-refractivity contribution in [2.75, 3.05) is 7.11 Å². The molecule has 0 aliphatic carbocycles. The van der Waals surface area contributed by atoms with Crippen LogP contribution in [-0.4, -0.2) is 34.7 Å². The van der Waals surface area contributed by atoms with Gasteiger partial charge in [-0.25, -0.2) is 9.78 Å². The van der Waals surface area contributed by atoms with Crippen molar-refractivity contribution in [3.05, 3.63) is 93.0 Å². The zero-order valence-electron chi connectivity index (χ0n) is 18.8. The minimum absolute atomic E-state index is 0.106. The van der Waals surface area contributed by atoms with Crippen LogP contribution in [0.3, 0.4) is 0 Å². The van der Waals surface area contributed by atoms with Gasteiger partial charge in [-0.15, -0.1) is 0 Å². The molecule has 1 saturated heterocycles. The number of benzene rings is 1. The molecule has 1 aromatic carbocycles. The molecule has 8 nitrogen and oxygen atoms in total. The molecule has 1 aliphatic heterocycles. The van der Waals surface area contributed by atoms with Crippen molar-refractivity contribution in [1.29, 1.82) is 0 Å². The highest BCUT2D eigenvalue weighted by Gasteiger charge is 2.44. The molecule has 4 rings (SSSR count). The summed E-state index contributed by atoms with van der Waals surface area (Å²) < 4.78 is 4.78. The number of hydrogen-bond acceptors (Lipinski definition) is 5. The number of carbonyl (C=O) groups excluding carboxylic acids is 3. The van der Waals surface area contributed by atoms with Gasteiger partial charge in [0.1, 0.15) is 5.69 Å². The molecule has 0 saturated carbocycles. The molecule has 34 heavy (non-hydrogen) atoms. The Morgan fingerprint density at radius 1 is 1.24 bits per heavy atom. The second-order valence-electron chi connectivity index (χ2n) is 7.99. The molecule has 0 radical (unpaired) electrons. The van der Waals surface area contributed by atoms with Crippen LogP contribution < -0.4 is 10.1 Å². The summed E-state index contributed by atoms with van der Waals surface area (Å²) in [4.78, 5) is 45.7. The van der Waals surface area contributed by atoms with Crippen molar-refractivity contribution >= 4 is 35.0 Å². The maximum absolute atomic E-state index is 13.8. The van der Waals surface area contributed by atoms with Crippen molar-refractivity contribution in [1.82, 2.24) is 9.88 Å². The first-order valence-corrected chi connectivity index (χ1v) is 10.9. The molecule has 2 N–H and O–H groups in total. The number of hydrogen-bond donors (Lipinski definition) is 1. The number of nitrogens with one attached hydrogen (secondary N) is 2. The first-order valence-electron chi connectivity index (χ1n) is 10.5. The lowest BCUT2D eigenvalue weighted by Crippen LogP contribution is -2.29. The molecule has 1 amide bonds. The number of amides is 1. The van der Waals surface area contributed by atoms with E-state index >= 15 is 0 Å². The lowest BCUT2D eigenvalue weighted by molar-refractivity contribution is -0.378. The topological polar surface area (TPSA) is 117 Å². The van der Waals surface area contributed by atoms with E-state index in [1.54, 1.807) is 56.6 Å². The zero-order chi connectivity index (χ0) is 24.6. The number of aromatic amines is 2. The van der Waals surface area contributed by atoms with E-state index in [9.17, 15) is 19.5 Å². The molecule has 1 aliphatic rings. The van der Waals surface area contributed by atoms with Gasteiger partial charge in [0.2, 0.25) is 5.78 Å². The largest absolute Gasteiger partial charge is 0.872 e. The Hall–Kier alpha value is -3.91. The minimum atomic E-state index is -0.943. The molecule has 9 heteroatoms. The Morgan fingerprint density at radius 3 is 2.65 bits per heavy atom. The number of aryl methyl sites for hydroxylation is 1. The Balaban J connectivity index is 1.92. The van der Waals surface area contributed by atoms with Gasteiger partial charge in [0.25, 0.3) is 5.91 Å². The third-order valence-corrected chi connectivity index (χ3v) is 6.11. The van der Waals surface area contributed by atoms with Gasteiger partial charge in [-0.1, -0.05) is 29.5 Å². The second-order valence-corrected chi connectivity index (χ2v) is 8.43. The second kappa shape index (κ2) is 9.15. The summed E-state index contributed by atoms with van der Waals surface area (Å²) >= 11 is 6.21. The Labute approximate surface area is 200 Å². The quantitative estimate of drug-likeness (QED) is 0.261. The third kappa shape index (κ3) is 3.97. The fourth-order valence-electron chi connectivity index (χ4n) is 4.31. The smallest absolute Gasteiger partial charge is 0.354 e. The Bertz CT molecular complexity index is 1330. The van der Waals surface area contributed by atoms with E-state index in [4.69, 9.17) is 16.3 Å². The number of nitrogens with zero attached hydrogens (tertiary/aromatic N) is 1. The average Bonchev–Trinajstić information content (AvgIpc) is 3.26. The molecule has 0 bridgehead atoms. The highest BCUT2D eigenvalue weighted by atomic mass is 35.5. The molecule has 3 aromatic rings. The van der Waals surface area contributed by atoms with Crippen LogP contribution >= 0.6 is 11.6 Å². The van der Waals surface area contributed by atoms with Gasteiger partial charge in [-0.05, 0) is 48.7 Å². The maximum atomic E-state index is 13.8. The van der Waals surface area contributed by atoms with Crippen molar-refractivity contribution < 1.29 is 29.2 Å². The van der Waals surface area contributed by atoms with Gasteiger partial charge in [0.15, 0.2) is 12.4 Å². The minimum Gasteiger partial charge on any atom is -0.872 e. The predicted molar refractivity (Wildman–Crippen MR) is 121 cm³/mol. The summed E-state index contributed by atoms with van der Waals surface area (Å²) in [6, 6.07) is 9.37. The van der Waals surface area contributed by atoms with Crippen molar-refractivity contribution in [3.8, 4) is 0 Å². The molecule has 3 heterocycles. The van der Waals surface area contributed by atoms with Gasteiger partial charge >= 0.3 is 5.97 Å². The zero-order valence-corrected chi connectivity index (χ0v) is 19.5. The number of halogens is 1. The number of esters is 1. The van der Waals surface area contributed by atoms with E-state index in [1.807, 2.05) is 6.07 Å². The number of ketones is 1. The molecule has 0 spiro atoms. The SMILES string of the molecule is COC(=O)c1[nH]c(C)c(C([O-])=C2C(=O)C(=O)N(Cc3ccc[nH+]c3)C2c2cccc(Cl)c2)c1C. The average molecular weight is 480 g/mol. The van der Waals surface area contributed by atoms with Crippen LogP contribution in [0.4, 0.5) is 0 Å². The molecule has 174 valence electrons. The summed E-state index contributed by atoms with van der Waals surface area (Å²) in [5.74, 6) is -2.91. The normalized spacial score (nSPS) is 17.3. The first-order chi connectivity index (χ1) is 16.2. The number of ether oxygens (including phenoxy) is 1. The van der Waals surface area contributed by atoms with Crippen LogP contribution in [0.15, 0.2) is 54.4 Å². The van der Waals surface area contributed by atoms with Gasteiger partial charge in [-0.3, -0.25) is 9.59 Å². The fraction of sp³-hybridized carbons (Fsp3) is 0.200. The molecule has 2 aromatic heterocycles. The van der Waals surface area contributed by atoms with Crippen LogP contribution in [-0.2, 0) is 20.9 Å². The summed E-state index contributed by atoms with van der Waals surface area (Å²) in [6.45, 7) is 3.32. The van der Waals surface area contributed by atoms with E-state index in [0.717, 1.165) is 5.56 Å². The summed E-state index contributed by atoms with van der Waals surface area (Å²) in [6.07, 6.45) is 3.45. The maximum Gasteiger partial charge on any atom is 0.354 e. The van der Waals surface area contributed by atoms with Crippen molar-refractivity contribution in [2.24, 2.45) is 0 Å². The molecular weight excluding hydrogens is 458 g/mol. The van der Waals surface area contributed by atoms with Crippen LogP contribution in [0.5, 0.6) is 0 Å². The van der Waals surface area contributed by atoms with E-state index < -0.39 is 29.5 Å². The lowest BCUT2D eigenvalue weighted by atomic mass is 9.94. The number of methoxy groups -OCH3 is 1. The number of rotatable bonds is 5. The van der Waals surface area contributed by atoms with E-state index in [2.05, 4.69) is 9.97 Å². The standard InChI is InChI=1S/C25H22ClN3O5/c1-13-18(14(2)28-20(13)25(33)34-3)22(30)19-21(16-7-4-8-17(26)10-16)29(24(32)23(19)31)12-15-6-5-9-27-11-15/h4-11,21,28,30H,12H2,1-3H3. The van der Waals surface area contributed by atoms with Crippen molar-refractivity contribution in [3.63, 3.8) is 0 Å². The highest BCUT2D eigenvalue weighted by Crippen LogP contribution is 2.41. The van der Waals surface area contributed by atoms with Crippen LogP contribution in [0.25, 0.3) is 5.76 Å². The molecule has 1 fully saturated rings. The van der Waals surface area contributed by atoms with Gasteiger partial charge in [-0.2, -0.15) is 0 Å². The predicted octanol–water partition coefficient (Wildman–Crippen LogP) is 2.31. The molecule has 1 atom stereocenters. The number of pyridine rings is 1. The number of carbonyl (C=O) groups is 3. The lowest BCUT2D eigenvalue weighted by Gasteiger charge is -2.27. The summed E-state index contributed by atoms with van der Waals surface area (Å²) in [5.41, 5.74) is 2.14. The Kier molecular flexibility index (Phi) is 6.26. The first kappa shape index (κ1) is 23.3. The van der Waals surface area contributed by atoms with Crippen LogP contribution in [0.1, 0.15) is 44.5 Å². The number of likely N-dealkylation sites (tertiary alicyclic amines) is 1.